The van der Waals surface area contributed by atoms with Crippen molar-refractivity contribution < 1.29 is 6.17 Å². The smallest absolute Gasteiger partial charge is 0.252 e. The molecule has 2 fully saturated rings. The lowest BCUT2D eigenvalue weighted by atomic mass is 9.49. The quantitative estimate of drug-likeness (QED) is 0.585. The second-order valence-electron chi connectivity index (χ2n) is 9.03. The third-order valence-electron chi connectivity index (χ3n) is 7.16. The molecule has 30 heavy (non-hydrogen) atoms. The Morgan fingerprint density at radius 3 is 2.73 bits per heavy atom. The molecular weight excluding hydrogens is 390 g/mol. The molecule has 2 aliphatic rings. The van der Waals surface area contributed by atoms with Crippen molar-refractivity contribution in [3.05, 3.63) is 63.6 Å². The zero-order valence-corrected chi connectivity index (χ0v) is 18.6. The van der Waals surface area contributed by atoms with E-state index in [0.717, 1.165) is 46.4 Å². The average Bonchev–Trinajstić information content (AvgIpc) is 3.31. The van der Waals surface area contributed by atoms with Gasteiger partial charge in [-0.3, -0.25) is 9.48 Å². The molecule has 2 saturated carbocycles. The molecule has 156 valence electrons. The lowest BCUT2D eigenvalue weighted by molar-refractivity contribution is -0.0599. The lowest BCUT2D eigenvalue weighted by Gasteiger charge is -2.58. The minimum atomic E-state index is 0.0431. The van der Waals surface area contributed by atoms with Gasteiger partial charge in [0.1, 0.15) is 0 Å². The lowest BCUT2D eigenvalue weighted by Crippen LogP contribution is -2.57. The third-order valence-corrected chi connectivity index (χ3v) is 8.22. The summed E-state index contributed by atoms with van der Waals surface area (Å²) in [6.45, 7) is 6.92. The molecular formula is C25H29N3OS. The highest BCUT2D eigenvalue weighted by atomic mass is 32.1. The molecule has 0 radical (unpaired) electrons. The maximum atomic E-state index is 13.2. The van der Waals surface area contributed by atoms with Gasteiger partial charge < -0.3 is 5.32 Å². The number of nitrogens with zero attached hydrogens (tertiary/aromatic N) is 2. The van der Waals surface area contributed by atoms with Crippen molar-refractivity contribution in [3.8, 4) is 11.1 Å². The third kappa shape index (κ3) is 3.29. The summed E-state index contributed by atoms with van der Waals surface area (Å²) in [7, 11) is 0. The van der Waals surface area contributed by atoms with Crippen LogP contribution in [0, 0.1) is 25.2 Å². The van der Waals surface area contributed by atoms with Crippen LogP contribution >= 0.6 is 11.3 Å². The SMILES string of the molecule is [2H]C1CC2(CC(NC(=O)c3c(C)sc(C)c3Cn3cc(-c4ccccc4)cn3)C2)C1C. The van der Waals surface area contributed by atoms with Crippen LogP contribution in [-0.4, -0.2) is 21.7 Å². The van der Waals surface area contributed by atoms with Crippen LogP contribution in [0.4, 0.5) is 0 Å². The monoisotopic (exact) mass is 420 g/mol. The molecule has 2 atom stereocenters. The Morgan fingerprint density at radius 1 is 1.27 bits per heavy atom. The normalized spacial score (nSPS) is 28.0. The minimum absolute atomic E-state index is 0.0431. The molecule has 0 bridgehead atoms. The zero-order chi connectivity index (χ0) is 21.8. The van der Waals surface area contributed by atoms with E-state index in [-0.39, 0.29) is 18.3 Å². The van der Waals surface area contributed by atoms with E-state index >= 15 is 0 Å². The number of carbonyl (C=O) groups is 1. The molecule has 1 spiro atoms. The molecule has 1 aromatic carbocycles. The molecule has 1 N–H and O–H groups in total. The van der Waals surface area contributed by atoms with Gasteiger partial charge in [-0.15, -0.1) is 11.3 Å². The number of carbonyl (C=O) groups excluding carboxylic acids is 1. The number of hydrogen-bond acceptors (Lipinski definition) is 3. The Hall–Kier alpha value is -2.40. The van der Waals surface area contributed by atoms with Gasteiger partial charge in [-0.25, -0.2) is 0 Å². The van der Waals surface area contributed by atoms with Crippen LogP contribution in [0.1, 0.15) is 59.6 Å². The maximum Gasteiger partial charge on any atom is 0.252 e. The number of aromatic nitrogens is 2. The standard InChI is InChI=1S/C25H29N3OS/c1-16-9-10-25(16)11-21(12-25)27-24(29)23-18(3)30-17(2)22(23)15-28-14-20(13-26-28)19-7-5-4-6-8-19/h4-8,13-14,16,21H,9-12,15H2,1-3H3,(H,27,29)/i9D. The summed E-state index contributed by atoms with van der Waals surface area (Å²) < 4.78 is 9.91. The van der Waals surface area contributed by atoms with Gasteiger partial charge in [0, 0.05) is 34.5 Å². The summed E-state index contributed by atoms with van der Waals surface area (Å²) in [5.74, 6) is 0.501. The zero-order valence-electron chi connectivity index (χ0n) is 18.8. The van der Waals surface area contributed by atoms with Crippen molar-refractivity contribution in [1.29, 1.82) is 0 Å². The summed E-state index contributed by atoms with van der Waals surface area (Å²) in [6.07, 6.45) is 7.05. The fraction of sp³-hybridized carbons (Fsp3) is 0.440. The van der Waals surface area contributed by atoms with Gasteiger partial charge in [-0.05, 0) is 56.4 Å². The van der Waals surface area contributed by atoms with E-state index in [1.54, 1.807) is 11.3 Å². The van der Waals surface area contributed by atoms with Gasteiger partial charge in [0.05, 0.1) is 18.3 Å². The van der Waals surface area contributed by atoms with Crippen LogP contribution in [0.15, 0.2) is 42.7 Å². The fourth-order valence-electron chi connectivity index (χ4n) is 5.12. The van der Waals surface area contributed by atoms with Crippen LogP contribution in [0.3, 0.4) is 0 Å². The van der Waals surface area contributed by atoms with Crippen molar-refractivity contribution in [2.75, 3.05) is 0 Å². The predicted octanol–water partition coefficient (Wildman–Crippen LogP) is 5.59. The topological polar surface area (TPSA) is 46.9 Å². The Bertz CT molecular complexity index is 1110. The molecule has 3 aromatic rings. The van der Waals surface area contributed by atoms with E-state index in [1.807, 2.05) is 36.0 Å². The largest absolute Gasteiger partial charge is 0.349 e. The van der Waals surface area contributed by atoms with Crippen LogP contribution < -0.4 is 5.32 Å². The van der Waals surface area contributed by atoms with E-state index in [9.17, 15) is 4.79 Å². The molecule has 2 aliphatic carbocycles. The van der Waals surface area contributed by atoms with Gasteiger partial charge in [0.2, 0.25) is 0 Å². The Labute approximate surface area is 183 Å². The number of hydrogen-bond donors (Lipinski definition) is 1. The Morgan fingerprint density at radius 2 is 2.03 bits per heavy atom. The van der Waals surface area contributed by atoms with Gasteiger partial charge in [-0.1, -0.05) is 37.3 Å². The molecule has 2 aromatic heterocycles. The van der Waals surface area contributed by atoms with Crippen LogP contribution in [0.2, 0.25) is 0 Å². The summed E-state index contributed by atoms with van der Waals surface area (Å²) in [4.78, 5) is 15.5. The number of amides is 1. The molecule has 0 aliphatic heterocycles. The molecule has 5 heteroatoms. The first-order valence-electron chi connectivity index (χ1n) is 11.3. The molecule has 1 amide bonds. The summed E-state index contributed by atoms with van der Waals surface area (Å²) >= 11 is 1.69. The minimum Gasteiger partial charge on any atom is -0.349 e. The van der Waals surface area contributed by atoms with Crippen molar-refractivity contribution in [1.82, 2.24) is 15.1 Å². The second-order valence-corrected chi connectivity index (χ2v) is 10.5. The van der Waals surface area contributed by atoms with Crippen molar-refractivity contribution in [3.63, 3.8) is 0 Å². The van der Waals surface area contributed by atoms with E-state index in [4.69, 9.17) is 1.37 Å². The number of nitrogens with one attached hydrogen (secondary N) is 1. The number of rotatable bonds is 5. The molecule has 2 heterocycles. The maximum absolute atomic E-state index is 13.2. The van der Waals surface area contributed by atoms with E-state index in [1.165, 1.54) is 4.88 Å². The Kier molecular flexibility index (Phi) is 4.52. The summed E-state index contributed by atoms with van der Waals surface area (Å²) in [5.41, 5.74) is 4.43. The highest BCUT2D eigenvalue weighted by Gasteiger charge is 2.53. The van der Waals surface area contributed by atoms with Gasteiger partial charge in [0.15, 0.2) is 0 Å². The molecule has 5 rings (SSSR count). The van der Waals surface area contributed by atoms with Crippen molar-refractivity contribution >= 4 is 17.2 Å². The first-order chi connectivity index (χ1) is 14.9. The first-order valence-corrected chi connectivity index (χ1v) is 11.6. The van der Waals surface area contributed by atoms with Gasteiger partial charge >= 0.3 is 0 Å². The van der Waals surface area contributed by atoms with Crippen LogP contribution in [0.25, 0.3) is 11.1 Å². The number of aryl methyl sites for hydroxylation is 2. The van der Waals surface area contributed by atoms with E-state index < -0.39 is 0 Å². The fourth-order valence-corrected chi connectivity index (χ4v) is 6.18. The number of benzene rings is 1. The van der Waals surface area contributed by atoms with E-state index in [2.05, 4.69) is 42.6 Å². The molecule has 4 nitrogen and oxygen atoms in total. The van der Waals surface area contributed by atoms with Crippen LogP contribution in [-0.2, 0) is 6.54 Å². The molecule has 0 saturated heterocycles. The highest BCUT2D eigenvalue weighted by molar-refractivity contribution is 7.12. The van der Waals surface area contributed by atoms with Gasteiger partial charge in [-0.2, -0.15) is 5.10 Å². The highest BCUT2D eigenvalue weighted by Crippen LogP contribution is 2.59. The summed E-state index contributed by atoms with van der Waals surface area (Å²) in [5, 5.41) is 7.83. The predicted molar refractivity (Wildman–Crippen MR) is 122 cm³/mol. The molecule has 2 unspecified atom stereocenters. The van der Waals surface area contributed by atoms with Crippen molar-refractivity contribution in [2.45, 2.75) is 59.0 Å². The van der Waals surface area contributed by atoms with Crippen molar-refractivity contribution in [2.24, 2.45) is 11.3 Å². The Balaban J connectivity index is 1.30. The van der Waals surface area contributed by atoms with Gasteiger partial charge in [0.25, 0.3) is 5.91 Å². The second kappa shape index (κ2) is 7.38. The first kappa shape index (κ1) is 18.4. The van der Waals surface area contributed by atoms with E-state index in [0.29, 0.717) is 17.9 Å². The average molecular weight is 421 g/mol. The number of thiophene rings is 1. The van der Waals surface area contributed by atoms with Crippen LogP contribution in [0.5, 0.6) is 0 Å². The summed E-state index contributed by atoms with van der Waals surface area (Å²) in [6, 6.07) is 10.5.